The Morgan fingerprint density at radius 1 is 1.42 bits per heavy atom. The van der Waals surface area contributed by atoms with E-state index in [2.05, 4.69) is 0 Å². The predicted octanol–water partition coefficient (Wildman–Crippen LogP) is 3.13. The van der Waals surface area contributed by atoms with Gasteiger partial charge in [0.05, 0.1) is 0 Å². The number of nitrogens with two attached hydrogens (primary N) is 1. The van der Waals surface area contributed by atoms with Crippen molar-refractivity contribution in [3.63, 3.8) is 0 Å². The Kier molecular flexibility index (Phi) is 6.84. The van der Waals surface area contributed by atoms with Gasteiger partial charge in [0.2, 0.25) is 0 Å². The Morgan fingerprint density at radius 3 is 2.53 bits per heavy atom. The van der Waals surface area contributed by atoms with Gasteiger partial charge in [-0.05, 0) is 36.6 Å². The molecule has 0 bridgehead atoms. The molecule has 0 atom stereocenters. The minimum Gasteiger partial charge on any atom is -0.341 e. The van der Waals surface area contributed by atoms with E-state index in [1.54, 1.807) is 24.1 Å². The molecular weight excluding hydrogens is 283 g/mol. The maximum absolute atomic E-state index is 12.3. The summed E-state index contributed by atoms with van der Waals surface area (Å²) in [4.78, 5) is 14.0. The zero-order chi connectivity index (χ0) is 13.9. The molecule has 0 fully saturated rings. The van der Waals surface area contributed by atoms with Gasteiger partial charge in [0.25, 0.3) is 5.91 Å². The van der Waals surface area contributed by atoms with Crippen LogP contribution in [0.1, 0.15) is 29.8 Å². The van der Waals surface area contributed by atoms with Crippen molar-refractivity contribution in [2.24, 2.45) is 11.1 Å². The number of hydrogen-bond acceptors (Lipinski definition) is 2. The number of amides is 1. The molecule has 0 aliphatic heterocycles. The van der Waals surface area contributed by atoms with Crippen molar-refractivity contribution in [2.45, 2.75) is 20.8 Å². The number of carbonyl (C=O) groups excluding carboxylic acids is 1. The minimum atomic E-state index is -0.0864. The fraction of sp³-hybridized carbons (Fsp3) is 0.500. The maximum atomic E-state index is 12.3. The van der Waals surface area contributed by atoms with Crippen LogP contribution in [0.5, 0.6) is 0 Å². The summed E-state index contributed by atoms with van der Waals surface area (Å²) in [5.74, 6) is -0.0171. The van der Waals surface area contributed by atoms with Gasteiger partial charge in [0.15, 0.2) is 0 Å². The lowest BCUT2D eigenvalue weighted by molar-refractivity contribution is 0.0740. The Hall–Kier alpha value is -0.770. The quantitative estimate of drug-likeness (QED) is 0.929. The van der Waals surface area contributed by atoms with E-state index < -0.39 is 0 Å². The number of nitrogens with zero attached hydrogens (tertiary/aromatic N) is 1. The fourth-order valence-electron chi connectivity index (χ4n) is 1.81. The molecule has 1 rings (SSSR count). The van der Waals surface area contributed by atoms with E-state index in [0.717, 1.165) is 5.56 Å². The van der Waals surface area contributed by atoms with Gasteiger partial charge in [-0.3, -0.25) is 4.79 Å². The first-order valence-electron chi connectivity index (χ1n) is 5.98. The number of carbonyl (C=O) groups is 1. The van der Waals surface area contributed by atoms with Crippen molar-refractivity contribution < 1.29 is 4.79 Å². The van der Waals surface area contributed by atoms with Crippen LogP contribution in [0.25, 0.3) is 0 Å². The second-order valence-corrected chi connectivity index (χ2v) is 5.93. The number of hydrogen-bond donors (Lipinski definition) is 1. The summed E-state index contributed by atoms with van der Waals surface area (Å²) in [6.45, 7) is 7.15. The SMILES string of the molecule is Cc1ccc(Cl)cc1C(=O)N(C)CC(C)(C)CN.Cl. The fourth-order valence-corrected chi connectivity index (χ4v) is 1.98. The van der Waals surface area contributed by atoms with Crippen LogP contribution in [-0.2, 0) is 0 Å². The molecule has 0 unspecified atom stereocenters. The normalized spacial score (nSPS) is 10.8. The first kappa shape index (κ1) is 18.2. The molecule has 0 radical (unpaired) electrons. The van der Waals surface area contributed by atoms with Crippen molar-refractivity contribution in [2.75, 3.05) is 20.1 Å². The van der Waals surface area contributed by atoms with Gasteiger partial charge in [-0.15, -0.1) is 12.4 Å². The third-order valence-corrected chi connectivity index (χ3v) is 3.23. The predicted molar refractivity (Wildman–Crippen MR) is 83.2 cm³/mol. The monoisotopic (exact) mass is 304 g/mol. The molecule has 0 saturated heterocycles. The summed E-state index contributed by atoms with van der Waals surface area (Å²) in [5.41, 5.74) is 7.18. The Balaban J connectivity index is 0.00000324. The highest BCUT2D eigenvalue weighted by molar-refractivity contribution is 6.31. The average molecular weight is 305 g/mol. The van der Waals surface area contributed by atoms with Gasteiger partial charge in [-0.25, -0.2) is 0 Å². The summed E-state index contributed by atoms with van der Waals surface area (Å²) in [7, 11) is 1.79. The largest absolute Gasteiger partial charge is 0.341 e. The molecule has 0 aliphatic carbocycles. The molecule has 1 aromatic carbocycles. The Morgan fingerprint density at radius 2 is 2.00 bits per heavy atom. The van der Waals surface area contributed by atoms with Gasteiger partial charge in [-0.2, -0.15) is 0 Å². The summed E-state index contributed by atoms with van der Waals surface area (Å²) in [6, 6.07) is 5.36. The summed E-state index contributed by atoms with van der Waals surface area (Å²) in [5, 5.41) is 0.579. The number of rotatable bonds is 4. The topological polar surface area (TPSA) is 46.3 Å². The highest BCUT2D eigenvalue weighted by Crippen LogP contribution is 2.19. The summed E-state index contributed by atoms with van der Waals surface area (Å²) >= 11 is 5.94. The van der Waals surface area contributed by atoms with Gasteiger partial charge >= 0.3 is 0 Å². The highest BCUT2D eigenvalue weighted by atomic mass is 35.5. The molecule has 1 amide bonds. The third kappa shape index (κ3) is 5.01. The summed E-state index contributed by atoms with van der Waals surface area (Å²) in [6.07, 6.45) is 0. The molecule has 5 heteroatoms. The molecule has 0 spiro atoms. The molecule has 19 heavy (non-hydrogen) atoms. The van der Waals surface area contributed by atoms with Gasteiger partial charge in [0.1, 0.15) is 0 Å². The van der Waals surface area contributed by atoms with E-state index in [1.807, 2.05) is 26.8 Å². The van der Waals surface area contributed by atoms with Crippen LogP contribution in [0.15, 0.2) is 18.2 Å². The molecule has 0 saturated carbocycles. The smallest absolute Gasteiger partial charge is 0.253 e. The molecule has 1 aromatic rings. The van der Waals surface area contributed by atoms with Crippen LogP contribution in [0, 0.1) is 12.3 Å². The van der Waals surface area contributed by atoms with E-state index >= 15 is 0 Å². The van der Waals surface area contributed by atoms with Gasteiger partial charge < -0.3 is 10.6 Å². The van der Waals surface area contributed by atoms with Crippen molar-refractivity contribution in [3.05, 3.63) is 34.3 Å². The molecule has 0 aromatic heterocycles. The molecule has 0 aliphatic rings. The molecule has 0 heterocycles. The second-order valence-electron chi connectivity index (χ2n) is 5.49. The maximum Gasteiger partial charge on any atom is 0.253 e. The van der Waals surface area contributed by atoms with E-state index in [4.69, 9.17) is 17.3 Å². The van der Waals surface area contributed by atoms with Gasteiger partial charge in [-0.1, -0.05) is 31.5 Å². The first-order chi connectivity index (χ1) is 8.26. The number of benzene rings is 1. The zero-order valence-electron chi connectivity index (χ0n) is 11.9. The van der Waals surface area contributed by atoms with E-state index in [9.17, 15) is 4.79 Å². The van der Waals surface area contributed by atoms with E-state index in [-0.39, 0.29) is 23.7 Å². The average Bonchev–Trinajstić information content (AvgIpc) is 2.31. The van der Waals surface area contributed by atoms with Crippen molar-refractivity contribution in [1.82, 2.24) is 4.90 Å². The molecule has 108 valence electrons. The number of aryl methyl sites for hydroxylation is 1. The second kappa shape index (κ2) is 7.13. The minimum absolute atomic E-state index is 0. The molecule has 3 nitrogen and oxygen atoms in total. The van der Waals surface area contributed by atoms with Crippen LogP contribution in [0.2, 0.25) is 5.02 Å². The molecular formula is C14H22Cl2N2O. The summed E-state index contributed by atoms with van der Waals surface area (Å²) < 4.78 is 0. The standard InChI is InChI=1S/C14H21ClN2O.ClH/c1-10-5-6-11(15)7-12(10)13(18)17(4)9-14(2,3)8-16;/h5-7H,8-9,16H2,1-4H3;1H. The molecule has 2 N–H and O–H groups in total. The van der Waals surface area contributed by atoms with Crippen LogP contribution < -0.4 is 5.73 Å². The number of halogens is 2. The van der Waals surface area contributed by atoms with E-state index in [0.29, 0.717) is 23.7 Å². The lowest BCUT2D eigenvalue weighted by Gasteiger charge is -2.29. The van der Waals surface area contributed by atoms with Crippen LogP contribution in [-0.4, -0.2) is 30.9 Å². The third-order valence-electron chi connectivity index (χ3n) is 2.99. The van der Waals surface area contributed by atoms with Crippen molar-refractivity contribution in [3.8, 4) is 0 Å². The Bertz CT molecular complexity index is 447. The van der Waals surface area contributed by atoms with Gasteiger partial charge in [0, 0.05) is 24.2 Å². The van der Waals surface area contributed by atoms with Crippen molar-refractivity contribution in [1.29, 1.82) is 0 Å². The zero-order valence-corrected chi connectivity index (χ0v) is 13.4. The van der Waals surface area contributed by atoms with E-state index in [1.165, 1.54) is 0 Å². The van der Waals surface area contributed by atoms with Crippen LogP contribution >= 0.6 is 24.0 Å². The first-order valence-corrected chi connectivity index (χ1v) is 6.36. The van der Waals surface area contributed by atoms with Crippen LogP contribution in [0.4, 0.5) is 0 Å². The van der Waals surface area contributed by atoms with Crippen molar-refractivity contribution >= 4 is 29.9 Å². The lowest BCUT2D eigenvalue weighted by atomic mass is 9.93. The lowest BCUT2D eigenvalue weighted by Crippen LogP contribution is -2.40. The van der Waals surface area contributed by atoms with Crippen LogP contribution in [0.3, 0.4) is 0 Å². The highest BCUT2D eigenvalue weighted by Gasteiger charge is 2.22. The Labute approximate surface area is 126 Å².